The molecule has 126 valence electrons. The van der Waals surface area contributed by atoms with Crippen molar-refractivity contribution in [2.75, 3.05) is 31.6 Å². The van der Waals surface area contributed by atoms with Gasteiger partial charge < -0.3 is 10.1 Å². The zero-order valence-electron chi connectivity index (χ0n) is 12.8. The minimum absolute atomic E-state index is 0.215. The minimum Gasteiger partial charge on any atom is -0.466 e. The van der Waals surface area contributed by atoms with Gasteiger partial charge in [-0.15, -0.1) is 0 Å². The van der Waals surface area contributed by atoms with Gasteiger partial charge in [-0.3, -0.25) is 9.63 Å². The van der Waals surface area contributed by atoms with Crippen LogP contribution in [-0.4, -0.2) is 43.3 Å². The average molecular weight is 360 g/mol. The van der Waals surface area contributed by atoms with Crippen LogP contribution in [0.3, 0.4) is 0 Å². The van der Waals surface area contributed by atoms with Gasteiger partial charge in [-0.25, -0.2) is 10.1 Å². The predicted octanol–water partition coefficient (Wildman–Crippen LogP) is 3.35. The monoisotopic (exact) mass is 359 g/mol. The van der Waals surface area contributed by atoms with Crippen LogP contribution in [0, 0.1) is 0 Å². The van der Waals surface area contributed by atoms with Gasteiger partial charge in [0.2, 0.25) is 5.96 Å². The van der Waals surface area contributed by atoms with E-state index in [4.69, 9.17) is 32.8 Å². The number of anilines is 1. The van der Waals surface area contributed by atoms with E-state index in [0.717, 1.165) is 0 Å². The molecule has 1 aliphatic heterocycles. The molecule has 8 heteroatoms. The fourth-order valence-corrected chi connectivity index (χ4v) is 2.50. The number of hydrogen-bond donors (Lipinski definition) is 1. The molecule has 0 fully saturated rings. The third-order valence-electron chi connectivity index (χ3n) is 3.08. The normalized spacial score (nSPS) is 13.9. The van der Waals surface area contributed by atoms with Crippen molar-refractivity contribution in [2.45, 2.75) is 19.8 Å². The molecule has 0 bridgehead atoms. The van der Waals surface area contributed by atoms with E-state index < -0.39 is 0 Å². The first-order chi connectivity index (χ1) is 11.1. The number of carbonyl (C=O) groups is 1. The second kappa shape index (κ2) is 8.96. The minimum atomic E-state index is -0.215. The number of para-hydroxylation sites is 1. The third kappa shape index (κ3) is 5.27. The molecule has 0 saturated carbocycles. The maximum Gasteiger partial charge on any atom is 0.305 e. The number of aliphatic imine (C=N–C) groups is 1. The van der Waals surface area contributed by atoms with E-state index in [1.807, 2.05) is 0 Å². The Morgan fingerprint density at radius 3 is 2.83 bits per heavy atom. The van der Waals surface area contributed by atoms with E-state index in [0.29, 0.717) is 60.8 Å². The summed E-state index contributed by atoms with van der Waals surface area (Å²) in [5, 5.41) is 5.75. The SMILES string of the molecule is CCOC(=O)CCCON1CCN=C1Nc1c(Cl)cccc1Cl. The van der Waals surface area contributed by atoms with Crippen molar-refractivity contribution in [3.8, 4) is 0 Å². The Labute approximate surface area is 145 Å². The number of hydrogen-bond acceptors (Lipinski definition) is 6. The lowest BCUT2D eigenvalue weighted by Crippen LogP contribution is -2.33. The number of guanidine groups is 1. The number of halogens is 2. The van der Waals surface area contributed by atoms with Crippen LogP contribution in [0.25, 0.3) is 0 Å². The van der Waals surface area contributed by atoms with Gasteiger partial charge in [-0.1, -0.05) is 29.3 Å². The molecule has 1 aromatic rings. The number of carbonyl (C=O) groups excluding carboxylic acids is 1. The first-order valence-electron chi connectivity index (χ1n) is 7.43. The summed E-state index contributed by atoms with van der Waals surface area (Å²) in [5.74, 6) is 0.337. The summed E-state index contributed by atoms with van der Waals surface area (Å²) in [6.45, 7) is 3.82. The van der Waals surface area contributed by atoms with E-state index in [2.05, 4.69) is 10.3 Å². The summed E-state index contributed by atoms with van der Waals surface area (Å²) < 4.78 is 4.87. The highest BCUT2D eigenvalue weighted by Gasteiger charge is 2.20. The number of nitrogens with zero attached hydrogens (tertiary/aromatic N) is 2. The molecule has 0 saturated heterocycles. The largest absolute Gasteiger partial charge is 0.466 e. The summed E-state index contributed by atoms with van der Waals surface area (Å²) in [6.07, 6.45) is 0.910. The van der Waals surface area contributed by atoms with Gasteiger partial charge in [-0.2, -0.15) is 0 Å². The lowest BCUT2D eigenvalue weighted by molar-refractivity contribution is -0.144. The summed E-state index contributed by atoms with van der Waals surface area (Å²) in [7, 11) is 0. The highest BCUT2D eigenvalue weighted by Crippen LogP contribution is 2.30. The van der Waals surface area contributed by atoms with Crippen molar-refractivity contribution >= 4 is 40.8 Å². The molecule has 1 aromatic carbocycles. The van der Waals surface area contributed by atoms with Crippen molar-refractivity contribution in [1.29, 1.82) is 0 Å². The molecule has 0 aromatic heterocycles. The molecule has 0 unspecified atom stereocenters. The highest BCUT2D eigenvalue weighted by atomic mass is 35.5. The average Bonchev–Trinajstić information content (AvgIpc) is 2.95. The van der Waals surface area contributed by atoms with Crippen LogP contribution in [0.15, 0.2) is 23.2 Å². The summed E-state index contributed by atoms with van der Waals surface area (Å²) >= 11 is 12.3. The van der Waals surface area contributed by atoms with Gasteiger partial charge in [0.25, 0.3) is 0 Å². The number of esters is 1. The van der Waals surface area contributed by atoms with Crippen LogP contribution in [-0.2, 0) is 14.4 Å². The Morgan fingerprint density at radius 1 is 1.39 bits per heavy atom. The Morgan fingerprint density at radius 2 is 2.13 bits per heavy atom. The zero-order valence-corrected chi connectivity index (χ0v) is 14.4. The van der Waals surface area contributed by atoms with Crippen LogP contribution in [0.5, 0.6) is 0 Å². The van der Waals surface area contributed by atoms with Crippen molar-refractivity contribution in [1.82, 2.24) is 5.06 Å². The molecule has 23 heavy (non-hydrogen) atoms. The van der Waals surface area contributed by atoms with Crippen molar-refractivity contribution in [2.24, 2.45) is 4.99 Å². The van der Waals surface area contributed by atoms with Crippen molar-refractivity contribution < 1.29 is 14.4 Å². The molecule has 0 radical (unpaired) electrons. The van der Waals surface area contributed by atoms with Crippen LogP contribution < -0.4 is 5.32 Å². The number of hydroxylamine groups is 2. The fraction of sp³-hybridized carbons (Fsp3) is 0.467. The van der Waals surface area contributed by atoms with Crippen LogP contribution in [0.1, 0.15) is 19.8 Å². The van der Waals surface area contributed by atoms with Crippen molar-refractivity contribution in [3.05, 3.63) is 28.2 Å². The number of nitrogens with one attached hydrogen (secondary N) is 1. The summed E-state index contributed by atoms with van der Waals surface area (Å²) in [4.78, 5) is 21.2. The predicted molar refractivity (Wildman–Crippen MR) is 90.9 cm³/mol. The third-order valence-corrected chi connectivity index (χ3v) is 3.71. The molecule has 1 aliphatic rings. The van der Waals surface area contributed by atoms with E-state index in [-0.39, 0.29) is 5.97 Å². The molecular weight excluding hydrogens is 341 g/mol. The van der Waals surface area contributed by atoms with Gasteiger partial charge in [0, 0.05) is 6.42 Å². The second-order valence-corrected chi connectivity index (χ2v) is 5.59. The number of benzene rings is 1. The fourth-order valence-electron chi connectivity index (χ4n) is 2.01. The lowest BCUT2D eigenvalue weighted by Gasteiger charge is -2.21. The molecule has 0 aliphatic carbocycles. The first-order valence-corrected chi connectivity index (χ1v) is 8.19. The zero-order chi connectivity index (χ0) is 16.7. The molecule has 0 amide bonds. The Hall–Kier alpha value is -1.50. The Bertz CT molecular complexity index is 561. The quantitative estimate of drug-likeness (QED) is 0.597. The molecule has 1 heterocycles. The van der Waals surface area contributed by atoms with Gasteiger partial charge in [0.15, 0.2) is 0 Å². The van der Waals surface area contributed by atoms with Crippen LogP contribution in [0.4, 0.5) is 5.69 Å². The maximum atomic E-state index is 11.3. The Balaban J connectivity index is 1.82. The van der Waals surface area contributed by atoms with Gasteiger partial charge in [0.05, 0.1) is 42.0 Å². The van der Waals surface area contributed by atoms with E-state index in [9.17, 15) is 4.79 Å². The molecule has 0 spiro atoms. The summed E-state index contributed by atoms with van der Waals surface area (Å²) in [5.41, 5.74) is 0.594. The molecule has 2 rings (SSSR count). The van der Waals surface area contributed by atoms with Gasteiger partial charge >= 0.3 is 5.97 Å². The molecular formula is C15H19Cl2N3O3. The van der Waals surface area contributed by atoms with Gasteiger partial charge in [0.1, 0.15) is 0 Å². The number of rotatable bonds is 7. The van der Waals surface area contributed by atoms with Crippen LogP contribution in [0.2, 0.25) is 10.0 Å². The lowest BCUT2D eigenvalue weighted by atomic mass is 10.3. The van der Waals surface area contributed by atoms with E-state index in [1.165, 1.54) is 0 Å². The van der Waals surface area contributed by atoms with Crippen LogP contribution >= 0.6 is 23.2 Å². The standard InChI is InChI=1S/C15H19Cl2N3O3/c1-2-22-13(21)7-4-10-23-20-9-8-18-15(20)19-14-11(16)5-3-6-12(14)17/h3,5-6H,2,4,7-10H2,1H3,(H,18,19). The van der Waals surface area contributed by atoms with E-state index in [1.54, 1.807) is 30.2 Å². The van der Waals surface area contributed by atoms with E-state index >= 15 is 0 Å². The highest BCUT2D eigenvalue weighted by molar-refractivity contribution is 6.39. The van der Waals surface area contributed by atoms with Gasteiger partial charge in [-0.05, 0) is 25.5 Å². The molecule has 1 N–H and O–H groups in total. The summed E-state index contributed by atoms with van der Waals surface area (Å²) in [6, 6.07) is 5.27. The Kier molecular flexibility index (Phi) is 6.95. The molecule has 0 atom stereocenters. The topological polar surface area (TPSA) is 63.2 Å². The number of ether oxygens (including phenoxy) is 1. The second-order valence-electron chi connectivity index (χ2n) is 4.77. The smallest absolute Gasteiger partial charge is 0.305 e. The molecule has 6 nitrogen and oxygen atoms in total. The van der Waals surface area contributed by atoms with Crippen molar-refractivity contribution in [3.63, 3.8) is 0 Å². The maximum absolute atomic E-state index is 11.3. The first kappa shape index (κ1) is 17.8.